The monoisotopic (exact) mass is 572 g/mol. The number of unbranched alkanes of at least 4 members (excludes halogenated alkanes) is 2. The lowest BCUT2D eigenvalue weighted by Gasteiger charge is -2.43. The normalized spacial score (nSPS) is 35.5. The van der Waals surface area contributed by atoms with Gasteiger partial charge in [-0.3, -0.25) is 0 Å². The van der Waals surface area contributed by atoms with Gasteiger partial charge >= 0.3 is 5.97 Å². The van der Waals surface area contributed by atoms with E-state index in [9.17, 15) is 4.79 Å². The number of carbonyl (C=O) groups is 1. The van der Waals surface area contributed by atoms with Crippen LogP contribution in [0.3, 0.4) is 0 Å². The summed E-state index contributed by atoms with van der Waals surface area (Å²) in [6.07, 6.45) is 29.0. The SMILES string of the molecule is C=C(CO)C(=O)OCC(COC)C1CCC(C2CCC(C3CCC(C4CCC(CCCCC)CC4)CC3)CC2)CC1. The number of carbonyl (C=O) groups excluding carboxylic acids is 1. The summed E-state index contributed by atoms with van der Waals surface area (Å²) < 4.78 is 10.9. The summed E-state index contributed by atoms with van der Waals surface area (Å²) in [7, 11) is 1.73. The molecule has 0 bridgehead atoms. The zero-order valence-electron chi connectivity index (χ0n) is 26.8. The number of ether oxygens (including phenoxy) is 2. The molecule has 0 heterocycles. The van der Waals surface area contributed by atoms with Crippen LogP contribution in [0.25, 0.3) is 0 Å². The van der Waals surface area contributed by atoms with Gasteiger partial charge in [0.05, 0.1) is 25.4 Å². The van der Waals surface area contributed by atoms with E-state index in [2.05, 4.69) is 13.5 Å². The van der Waals surface area contributed by atoms with Crippen molar-refractivity contribution in [2.24, 2.45) is 53.3 Å². The van der Waals surface area contributed by atoms with Crippen molar-refractivity contribution in [2.75, 3.05) is 26.9 Å². The molecule has 4 fully saturated rings. The Balaban J connectivity index is 1.11. The average molecular weight is 573 g/mol. The molecule has 4 aliphatic carbocycles. The van der Waals surface area contributed by atoms with E-state index < -0.39 is 5.97 Å². The van der Waals surface area contributed by atoms with Crippen molar-refractivity contribution in [1.29, 1.82) is 0 Å². The van der Waals surface area contributed by atoms with Crippen molar-refractivity contribution >= 4 is 5.97 Å². The molecule has 41 heavy (non-hydrogen) atoms. The molecule has 4 rings (SSSR count). The number of hydrogen-bond donors (Lipinski definition) is 1. The van der Waals surface area contributed by atoms with E-state index in [1.165, 1.54) is 128 Å². The van der Waals surface area contributed by atoms with Gasteiger partial charge in [0.2, 0.25) is 0 Å². The predicted octanol–water partition coefficient (Wildman–Crippen LogP) is 9.15. The van der Waals surface area contributed by atoms with Crippen LogP contribution in [0.5, 0.6) is 0 Å². The van der Waals surface area contributed by atoms with Crippen LogP contribution < -0.4 is 0 Å². The Labute approximate surface area is 252 Å². The summed E-state index contributed by atoms with van der Waals surface area (Å²) in [6, 6.07) is 0. The van der Waals surface area contributed by atoms with Crippen molar-refractivity contribution in [3.05, 3.63) is 12.2 Å². The Morgan fingerprint density at radius 3 is 1.56 bits per heavy atom. The third-order valence-electron chi connectivity index (χ3n) is 12.5. The molecule has 0 aliphatic heterocycles. The quantitative estimate of drug-likeness (QED) is 0.128. The molecule has 1 N–H and O–H groups in total. The first-order valence-electron chi connectivity index (χ1n) is 18.0. The van der Waals surface area contributed by atoms with Gasteiger partial charge in [-0.15, -0.1) is 0 Å². The van der Waals surface area contributed by atoms with E-state index in [1.807, 2.05) is 0 Å². The Kier molecular flexibility index (Phi) is 14.0. The zero-order valence-corrected chi connectivity index (χ0v) is 26.8. The van der Waals surface area contributed by atoms with Crippen LogP contribution in [0.15, 0.2) is 12.2 Å². The van der Waals surface area contributed by atoms with Crippen LogP contribution >= 0.6 is 0 Å². The number of hydrogen-bond acceptors (Lipinski definition) is 4. The first kappa shape index (κ1) is 33.0. The van der Waals surface area contributed by atoms with Gasteiger partial charge in [-0.1, -0.05) is 52.0 Å². The molecule has 0 aromatic heterocycles. The summed E-state index contributed by atoms with van der Waals surface area (Å²) in [5.74, 6) is 7.32. The molecule has 0 radical (unpaired) electrons. The highest BCUT2D eigenvalue weighted by atomic mass is 16.5. The van der Waals surface area contributed by atoms with Gasteiger partial charge < -0.3 is 14.6 Å². The van der Waals surface area contributed by atoms with Crippen molar-refractivity contribution in [1.82, 2.24) is 0 Å². The molecule has 0 aromatic rings. The molecule has 0 amide bonds. The molecule has 1 atom stereocenters. The van der Waals surface area contributed by atoms with Crippen LogP contribution in [0.4, 0.5) is 0 Å². The Hall–Kier alpha value is -0.870. The number of aliphatic hydroxyl groups excluding tert-OH is 1. The van der Waals surface area contributed by atoms with Crippen LogP contribution in [0, 0.1) is 53.3 Å². The lowest BCUT2D eigenvalue weighted by molar-refractivity contribution is -0.142. The molecule has 4 nitrogen and oxygen atoms in total. The van der Waals surface area contributed by atoms with Crippen LogP contribution in [-0.2, 0) is 14.3 Å². The summed E-state index contributed by atoms with van der Waals surface area (Å²) in [5, 5.41) is 9.13. The Morgan fingerprint density at radius 2 is 1.15 bits per heavy atom. The van der Waals surface area contributed by atoms with E-state index in [4.69, 9.17) is 14.6 Å². The number of aliphatic hydroxyl groups is 1. The number of rotatable bonds is 14. The van der Waals surface area contributed by atoms with Crippen LogP contribution in [-0.4, -0.2) is 38.0 Å². The average Bonchev–Trinajstić information content (AvgIpc) is 3.03. The summed E-state index contributed by atoms with van der Waals surface area (Å²) in [4.78, 5) is 12.0. The fraction of sp³-hybridized carbons (Fsp3) is 0.919. The Morgan fingerprint density at radius 1 is 0.707 bits per heavy atom. The first-order valence-corrected chi connectivity index (χ1v) is 18.0. The topological polar surface area (TPSA) is 55.8 Å². The van der Waals surface area contributed by atoms with Gasteiger partial charge in [0, 0.05) is 13.0 Å². The predicted molar refractivity (Wildman–Crippen MR) is 168 cm³/mol. The second-order valence-electron chi connectivity index (χ2n) is 14.9. The van der Waals surface area contributed by atoms with Crippen LogP contribution in [0.1, 0.15) is 135 Å². The van der Waals surface area contributed by atoms with Crippen LogP contribution in [0.2, 0.25) is 0 Å². The third kappa shape index (κ3) is 9.82. The van der Waals surface area contributed by atoms with Crippen molar-refractivity contribution in [3.8, 4) is 0 Å². The van der Waals surface area contributed by atoms with E-state index in [0.29, 0.717) is 19.1 Å². The van der Waals surface area contributed by atoms with Gasteiger partial charge in [0.1, 0.15) is 0 Å². The maximum absolute atomic E-state index is 12.0. The smallest absolute Gasteiger partial charge is 0.335 e. The highest BCUT2D eigenvalue weighted by molar-refractivity contribution is 5.87. The molecule has 0 aromatic carbocycles. The zero-order chi connectivity index (χ0) is 29.0. The summed E-state index contributed by atoms with van der Waals surface area (Å²) in [6.45, 7) is 6.57. The van der Waals surface area contributed by atoms with Crippen molar-refractivity contribution in [2.45, 2.75) is 135 Å². The summed E-state index contributed by atoms with van der Waals surface area (Å²) in [5.41, 5.74) is 0.129. The minimum Gasteiger partial charge on any atom is -0.462 e. The Bertz CT molecular complexity index is 747. The van der Waals surface area contributed by atoms with E-state index in [0.717, 1.165) is 41.4 Å². The van der Waals surface area contributed by atoms with Gasteiger partial charge in [0.25, 0.3) is 0 Å². The third-order valence-corrected chi connectivity index (χ3v) is 12.5. The summed E-state index contributed by atoms with van der Waals surface area (Å²) >= 11 is 0. The fourth-order valence-electron chi connectivity index (χ4n) is 9.78. The largest absolute Gasteiger partial charge is 0.462 e. The minimum absolute atomic E-state index is 0.129. The van der Waals surface area contributed by atoms with E-state index in [-0.39, 0.29) is 18.1 Å². The van der Waals surface area contributed by atoms with Gasteiger partial charge in [0.15, 0.2) is 0 Å². The highest BCUT2D eigenvalue weighted by Crippen LogP contribution is 2.48. The second kappa shape index (κ2) is 17.4. The lowest BCUT2D eigenvalue weighted by atomic mass is 9.62. The van der Waals surface area contributed by atoms with E-state index >= 15 is 0 Å². The molecule has 0 spiro atoms. The fourth-order valence-corrected chi connectivity index (χ4v) is 9.78. The van der Waals surface area contributed by atoms with Gasteiger partial charge in [-0.25, -0.2) is 4.79 Å². The maximum Gasteiger partial charge on any atom is 0.335 e. The molecule has 0 saturated heterocycles. The molecule has 1 unspecified atom stereocenters. The minimum atomic E-state index is -0.479. The van der Waals surface area contributed by atoms with Gasteiger partial charge in [-0.05, 0) is 137 Å². The van der Waals surface area contributed by atoms with E-state index in [1.54, 1.807) is 7.11 Å². The molecule has 4 aliphatic rings. The maximum atomic E-state index is 12.0. The highest BCUT2D eigenvalue weighted by Gasteiger charge is 2.37. The number of methoxy groups -OCH3 is 1. The van der Waals surface area contributed by atoms with Gasteiger partial charge in [-0.2, -0.15) is 0 Å². The standard InChI is InChI=1S/C37H64O4/c1-4-5-6-7-28-8-10-29(11-9-28)30-12-14-31(15-13-30)32-16-18-33(19-17-32)34-20-22-35(23-21-34)36(25-40-3)26-41-37(39)27(2)24-38/h28-36,38H,2,4-26H2,1,3H3. The molecule has 236 valence electrons. The van der Waals surface area contributed by atoms with Crippen molar-refractivity contribution in [3.63, 3.8) is 0 Å². The molecular weight excluding hydrogens is 508 g/mol. The first-order chi connectivity index (χ1) is 20.0. The number of esters is 1. The molecule has 4 saturated carbocycles. The molecular formula is C37H64O4. The molecule has 4 heteroatoms. The lowest BCUT2D eigenvalue weighted by Crippen LogP contribution is -2.33. The van der Waals surface area contributed by atoms with Crippen molar-refractivity contribution < 1.29 is 19.4 Å². The second-order valence-corrected chi connectivity index (χ2v) is 14.9.